The summed E-state index contributed by atoms with van der Waals surface area (Å²) in [6.45, 7) is 1.91. The van der Waals surface area contributed by atoms with E-state index < -0.39 is 10.0 Å². The molecular weight excluding hydrogens is 388 g/mol. The molecule has 0 saturated heterocycles. The van der Waals surface area contributed by atoms with Crippen LogP contribution in [0.5, 0.6) is 5.75 Å². The number of amides is 1. The van der Waals surface area contributed by atoms with E-state index in [4.69, 9.17) is 4.74 Å². The Hall–Kier alpha value is -2.38. The van der Waals surface area contributed by atoms with Gasteiger partial charge in [0, 0.05) is 23.7 Å². The molecule has 0 aromatic heterocycles. The molecule has 0 atom stereocenters. The summed E-state index contributed by atoms with van der Waals surface area (Å²) in [6, 6.07) is 12.1. The van der Waals surface area contributed by atoms with E-state index in [1.807, 2.05) is 19.1 Å². The number of nitrogens with one attached hydrogen (secondary N) is 2. The lowest BCUT2D eigenvalue weighted by atomic mass is 9.95. The molecule has 1 fully saturated rings. The SMILES string of the molecule is COc1ccccc1CNS(=O)(=O)c1ccc(C)c(C(=O)NC2CCCCC2)c1. The molecule has 0 unspecified atom stereocenters. The number of methoxy groups -OCH3 is 1. The molecule has 7 heteroatoms. The third kappa shape index (κ3) is 5.36. The van der Waals surface area contributed by atoms with Gasteiger partial charge in [-0.15, -0.1) is 0 Å². The molecule has 1 saturated carbocycles. The van der Waals surface area contributed by atoms with Crippen LogP contribution in [0.1, 0.15) is 53.6 Å². The molecule has 0 spiro atoms. The number of sulfonamides is 1. The number of carbonyl (C=O) groups is 1. The number of para-hydroxylation sites is 1. The summed E-state index contributed by atoms with van der Waals surface area (Å²) in [5, 5.41) is 3.06. The Balaban J connectivity index is 1.75. The van der Waals surface area contributed by atoms with Crippen LogP contribution in [0.25, 0.3) is 0 Å². The normalized spacial score (nSPS) is 15.1. The lowest BCUT2D eigenvalue weighted by Crippen LogP contribution is -2.36. The lowest BCUT2D eigenvalue weighted by Gasteiger charge is -2.23. The predicted octanol–water partition coefficient (Wildman–Crippen LogP) is 3.54. The summed E-state index contributed by atoms with van der Waals surface area (Å²) in [6.07, 6.45) is 5.39. The fourth-order valence-electron chi connectivity index (χ4n) is 3.63. The van der Waals surface area contributed by atoms with Crippen molar-refractivity contribution in [2.24, 2.45) is 0 Å². The fraction of sp³-hybridized carbons (Fsp3) is 0.409. The smallest absolute Gasteiger partial charge is 0.251 e. The van der Waals surface area contributed by atoms with Crippen LogP contribution in [-0.2, 0) is 16.6 Å². The average molecular weight is 417 g/mol. The highest BCUT2D eigenvalue weighted by Crippen LogP contribution is 2.21. The molecule has 0 aliphatic heterocycles. The maximum Gasteiger partial charge on any atom is 0.251 e. The largest absolute Gasteiger partial charge is 0.496 e. The van der Waals surface area contributed by atoms with Gasteiger partial charge in [-0.2, -0.15) is 0 Å². The second-order valence-corrected chi connectivity index (χ2v) is 9.19. The van der Waals surface area contributed by atoms with Gasteiger partial charge in [-0.05, 0) is 43.5 Å². The Bertz CT molecular complexity index is 967. The van der Waals surface area contributed by atoms with Gasteiger partial charge in [-0.3, -0.25) is 4.79 Å². The van der Waals surface area contributed by atoms with Crippen molar-refractivity contribution in [2.45, 2.75) is 56.5 Å². The van der Waals surface area contributed by atoms with Crippen molar-refractivity contribution < 1.29 is 17.9 Å². The van der Waals surface area contributed by atoms with Crippen LogP contribution in [0.2, 0.25) is 0 Å². The Morgan fingerprint density at radius 1 is 1.10 bits per heavy atom. The van der Waals surface area contributed by atoms with Gasteiger partial charge in [0.05, 0.1) is 12.0 Å². The molecule has 6 nitrogen and oxygen atoms in total. The predicted molar refractivity (Wildman–Crippen MR) is 113 cm³/mol. The Kier molecular flexibility index (Phi) is 6.92. The van der Waals surface area contributed by atoms with E-state index in [1.165, 1.54) is 18.6 Å². The summed E-state index contributed by atoms with van der Waals surface area (Å²) >= 11 is 0. The molecule has 156 valence electrons. The zero-order valence-corrected chi connectivity index (χ0v) is 17.7. The van der Waals surface area contributed by atoms with Gasteiger partial charge in [0.25, 0.3) is 5.91 Å². The average Bonchev–Trinajstić information content (AvgIpc) is 2.73. The topological polar surface area (TPSA) is 84.5 Å². The maximum absolute atomic E-state index is 12.8. The number of hydrogen-bond donors (Lipinski definition) is 2. The summed E-state index contributed by atoms with van der Waals surface area (Å²) in [4.78, 5) is 12.8. The summed E-state index contributed by atoms with van der Waals surface area (Å²) in [5.41, 5.74) is 1.89. The van der Waals surface area contributed by atoms with E-state index >= 15 is 0 Å². The minimum Gasteiger partial charge on any atom is -0.496 e. The number of carbonyl (C=O) groups excluding carboxylic acids is 1. The van der Waals surface area contributed by atoms with Gasteiger partial charge in [0.1, 0.15) is 5.75 Å². The molecule has 29 heavy (non-hydrogen) atoms. The number of hydrogen-bond acceptors (Lipinski definition) is 4. The third-order valence-corrected chi connectivity index (χ3v) is 6.75. The van der Waals surface area contributed by atoms with Gasteiger partial charge in [0.15, 0.2) is 0 Å². The molecular formula is C22H28N2O4S. The number of benzene rings is 2. The van der Waals surface area contributed by atoms with E-state index in [1.54, 1.807) is 25.3 Å². The van der Waals surface area contributed by atoms with Gasteiger partial charge in [0.2, 0.25) is 10.0 Å². The van der Waals surface area contributed by atoms with Crippen LogP contribution in [0.4, 0.5) is 0 Å². The minimum absolute atomic E-state index is 0.0757. The van der Waals surface area contributed by atoms with E-state index in [-0.39, 0.29) is 23.4 Å². The summed E-state index contributed by atoms with van der Waals surface area (Å²) in [7, 11) is -2.23. The van der Waals surface area contributed by atoms with E-state index in [0.29, 0.717) is 11.3 Å². The van der Waals surface area contributed by atoms with Crippen molar-refractivity contribution >= 4 is 15.9 Å². The molecule has 2 aromatic carbocycles. The van der Waals surface area contributed by atoms with Gasteiger partial charge >= 0.3 is 0 Å². The van der Waals surface area contributed by atoms with Crippen molar-refractivity contribution in [2.75, 3.05) is 7.11 Å². The first-order chi connectivity index (χ1) is 13.9. The maximum atomic E-state index is 12.8. The van der Waals surface area contributed by atoms with Crippen LogP contribution < -0.4 is 14.8 Å². The highest BCUT2D eigenvalue weighted by molar-refractivity contribution is 7.89. The number of ether oxygens (including phenoxy) is 1. The second-order valence-electron chi connectivity index (χ2n) is 7.42. The number of aryl methyl sites for hydroxylation is 1. The van der Waals surface area contributed by atoms with Gasteiger partial charge in [-0.25, -0.2) is 13.1 Å². The standard InChI is InChI=1S/C22H28N2O4S/c1-16-12-13-19(14-20(16)22(25)24-18-9-4-3-5-10-18)29(26,27)23-15-17-8-6-7-11-21(17)28-2/h6-8,11-14,18,23H,3-5,9-10,15H2,1-2H3,(H,24,25). The Labute approximate surface area is 172 Å². The van der Waals surface area contributed by atoms with Crippen LogP contribution in [0, 0.1) is 6.92 Å². The lowest BCUT2D eigenvalue weighted by molar-refractivity contribution is 0.0927. The first-order valence-electron chi connectivity index (χ1n) is 9.94. The molecule has 0 bridgehead atoms. The molecule has 2 aromatic rings. The van der Waals surface area contributed by atoms with Crippen molar-refractivity contribution in [3.05, 3.63) is 59.2 Å². The van der Waals surface area contributed by atoms with Gasteiger partial charge < -0.3 is 10.1 Å². The van der Waals surface area contributed by atoms with Crippen molar-refractivity contribution in [3.63, 3.8) is 0 Å². The monoisotopic (exact) mass is 416 g/mol. The van der Waals surface area contributed by atoms with Crippen LogP contribution in [0.15, 0.2) is 47.4 Å². The highest BCUT2D eigenvalue weighted by Gasteiger charge is 2.21. The quantitative estimate of drug-likeness (QED) is 0.723. The molecule has 2 N–H and O–H groups in total. The molecule has 1 amide bonds. The van der Waals surface area contributed by atoms with Gasteiger partial charge in [-0.1, -0.05) is 43.5 Å². The second kappa shape index (κ2) is 9.41. The molecule has 1 aliphatic carbocycles. The summed E-state index contributed by atoms with van der Waals surface area (Å²) < 4.78 is 33.5. The summed E-state index contributed by atoms with van der Waals surface area (Å²) in [5.74, 6) is 0.405. The fourth-order valence-corrected chi connectivity index (χ4v) is 4.66. The molecule has 1 aliphatic rings. The van der Waals surface area contributed by atoms with E-state index in [2.05, 4.69) is 10.0 Å². The van der Waals surface area contributed by atoms with Crippen molar-refractivity contribution in [3.8, 4) is 5.75 Å². The van der Waals surface area contributed by atoms with Crippen LogP contribution >= 0.6 is 0 Å². The Morgan fingerprint density at radius 3 is 2.55 bits per heavy atom. The van der Waals surface area contributed by atoms with Crippen molar-refractivity contribution in [1.29, 1.82) is 0 Å². The first-order valence-corrected chi connectivity index (χ1v) is 11.4. The van der Waals surface area contributed by atoms with E-state index in [0.717, 1.165) is 36.8 Å². The number of rotatable bonds is 7. The third-order valence-electron chi connectivity index (χ3n) is 5.35. The Morgan fingerprint density at radius 2 is 1.83 bits per heavy atom. The van der Waals surface area contributed by atoms with Crippen LogP contribution in [-0.4, -0.2) is 27.5 Å². The van der Waals surface area contributed by atoms with E-state index in [9.17, 15) is 13.2 Å². The highest BCUT2D eigenvalue weighted by atomic mass is 32.2. The molecule has 0 heterocycles. The minimum atomic E-state index is -3.77. The zero-order valence-electron chi connectivity index (χ0n) is 16.9. The molecule has 3 rings (SSSR count). The molecule has 0 radical (unpaired) electrons. The first kappa shape index (κ1) is 21.3. The zero-order chi connectivity index (χ0) is 20.9. The van der Waals surface area contributed by atoms with Crippen LogP contribution in [0.3, 0.4) is 0 Å². The van der Waals surface area contributed by atoms with Crippen molar-refractivity contribution in [1.82, 2.24) is 10.0 Å².